The molecule has 0 aliphatic heterocycles. The Morgan fingerprint density at radius 1 is 1.57 bits per heavy atom. The largest absolute Gasteiger partial charge is 0.405 e. The van der Waals surface area contributed by atoms with Crippen molar-refractivity contribution < 1.29 is 18.0 Å². The highest BCUT2D eigenvalue weighted by Gasteiger charge is 2.28. The third-order valence-electron chi connectivity index (χ3n) is 1.63. The predicted octanol–water partition coefficient (Wildman–Crippen LogP) is 1.32. The van der Waals surface area contributed by atoms with E-state index in [9.17, 15) is 18.0 Å². The number of nitrogens with zero attached hydrogens (tertiary/aromatic N) is 1. The summed E-state index contributed by atoms with van der Waals surface area (Å²) in [5.74, 6) is -0.727. The number of nitrogens with one attached hydrogen (secondary N) is 1. The Hall–Kier alpha value is -1.46. The van der Waals surface area contributed by atoms with Crippen LogP contribution in [0, 0.1) is 0 Å². The molecule has 1 heterocycles. The molecule has 6 heteroatoms. The summed E-state index contributed by atoms with van der Waals surface area (Å²) in [7, 11) is 1.59. The van der Waals surface area contributed by atoms with Crippen molar-refractivity contribution in [3.63, 3.8) is 0 Å². The smallest absolute Gasteiger partial charge is 0.347 e. The molecule has 1 amide bonds. The normalized spacial score (nSPS) is 11.4. The summed E-state index contributed by atoms with van der Waals surface area (Å²) in [6.45, 7) is -1.31. The zero-order chi connectivity index (χ0) is 10.8. The summed E-state index contributed by atoms with van der Waals surface area (Å²) in [6, 6.07) is 3.04. The van der Waals surface area contributed by atoms with Gasteiger partial charge in [0.05, 0.1) is 0 Å². The number of alkyl halides is 3. The maximum Gasteiger partial charge on any atom is 0.405 e. The first-order valence-electron chi connectivity index (χ1n) is 3.86. The van der Waals surface area contributed by atoms with Crippen LogP contribution in [0.25, 0.3) is 0 Å². The number of rotatable bonds is 2. The Morgan fingerprint density at radius 3 is 2.64 bits per heavy atom. The van der Waals surface area contributed by atoms with Crippen LogP contribution >= 0.6 is 0 Å². The molecule has 0 bridgehead atoms. The Labute approximate surface area is 78.5 Å². The van der Waals surface area contributed by atoms with Crippen molar-refractivity contribution in [2.45, 2.75) is 6.18 Å². The second kappa shape index (κ2) is 3.73. The van der Waals surface area contributed by atoms with Gasteiger partial charge in [-0.05, 0) is 12.1 Å². The molecule has 3 nitrogen and oxygen atoms in total. The molecule has 0 aliphatic rings. The maximum absolute atomic E-state index is 11.7. The second-order valence-electron chi connectivity index (χ2n) is 2.80. The molecule has 0 saturated heterocycles. The Kier molecular flexibility index (Phi) is 2.83. The number of hydrogen-bond donors (Lipinski definition) is 1. The molecular weight excluding hydrogens is 197 g/mol. The van der Waals surface area contributed by atoms with E-state index in [0.29, 0.717) is 0 Å². The summed E-state index contributed by atoms with van der Waals surface area (Å²) >= 11 is 0. The number of hydrogen-bond acceptors (Lipinski definition) is 1. The van der Waals surface area contributed by atoms with Gasteiger partial charge in [-0.15, -0.1) is 0 Å². The van der Waals surface area contributed by atoms with Gasteiger partial charge in [-0.2, -0.15) is 13.2 Å². The van der Waals surface area contributed by atoms with Crippen molar-refractivity contribution in [3.8, 4) is 0 Å². The highest BCUT2D eigenvalue weighted by Crippen LogP contribution is 2.12. The van der Waals surface area contributed by atoms with Gasteiger partial charge in [0.25, 0.3) is 5.91 Å². The molecule has 14 heavy (non-hydrogen) atoms. The minimum absolute atomic E-state index is 0.203. The van der Waals surface area contributed by atoms with Gasteiger partial charge in [0.1, 0.15) is 12.2 Å². The molecule has 0 unspecified atom stereocenters. The number of amides is 1. The van der Waals surface area contributed by atoms with Gasteiger partial charge in [0.2, 0.25) is 0 Å². The number of aromatic nitrogens is 1. The molecule has 0 saturated carbocycles. The van der Waals surface area contributed by atoms with Crippen molar-refractivity contribution >= 4 is 5.91 Å². The van der Waals surface area contributed by atoms with Crippen LogP contribution in [-0.4, -0.2) is 23.2 Å². The van der Waals surface area contributed by atoms with E-state index in [1.165, 1.54) is 10.6 Å². The van der Waals surface area contributed by atoms with Gasteiger partial charge in [0, 0.05) is 13.2 Å². The van der Waals surface area contributed by atoms with E-state index in [2.05, 4.69) is 0 Å². The molecule has 1 N–H and O–H groups in total. The van der Waals surface area contributed by atoms with Crippen molar-refractivity contribution in [1.29, 1.82) is 0 Å². The Bertz CT molecular complexity index is 330. The van der Waals surface area contributed by atoms with E-state index >= 15 is 0 Å². The van der Waals surface area contributed by atoms with Crippen LogP contribution in [0.3, 0.4) is 0 Å². The van der Waals surface area contributed by atoms with Crippen LogP contribution in [0.15, 0.2) is 18.3 Å². The van der Waals surface area contributed by atoms with Gasteiger partial charge in [-0.25, -0.2) is 0 Å². The monoisotopic (exact) mass is 206 g/mol. The molecule has 0 spiro atoms. The topological polar surface area (TPSA) is 34.0 Å². The first kappa shape index (κ1) is 10.6. The summed E-state index contributed by atoms with van der Waals surface area (Å²) in [4.78, 5) is 11.1. The molecule has 0 radical (unpaired) electrons. The minimum atomic E-state index is -4.37. The fourth-order valence-corrected chi connectivity index (χ4v) is 0.968. The van der Waals surface area contributed by atoms with E-state index in [-0.39, 0.29) is 5.69 Å². The quantitative estimate of drug-likeness (QED) is 0.777. The first-order chi connectivity index (χ1) is 6.40. The minimum Gasteiger partial charge on any atom is -0.347 e. The fourth-order valence-electron chi connectivity index (χ4n) is 0.968. The summed E-state index contributed by atoms with van der Waals surface area (Å²) in [5, 5.41) is 1.78. The van der Waals surface area contributed by atoms with E-state index in [4.69, 9.17) is 0 Å². The van der Waals surface area contributed by atoms with Gasteiger partial charge in [0.15, 0.2) is 0 Å². The van der Waals surface area contributed by atoms with Crippen LogP contribution in [0.4, 0.5) is 13.2 Å². The van der Waals surface area contributed by atoms with Gasteiger partial charge < -0.3 is 9.88 Å². The second-order valence-corrected chi connectivity index (χ2v) is 2.80. The van der Waals surface area contributed by atoms with Crippen molar-refractivity contribution in [3.05, 3.63) is 24.0 Å². The molecule has 1 rings (SSSR count). The molecule has 0 aromatic carbocycles. The average Bonchev–Trinajstić information content (AvgIpc) is 2.46. The van der Waals surface area contributed by atoms with E-state index < -0.39 is 18.6 Å². The molecular formula is C8H9F3N2O. The molecule has 1 aromatic rings. The fraction of sp³-hybridized carbons (Fsp3) is 0.375. The maximum atomic E-state index is 11.7. The van der Waals surface area contributed by atoms with Gasteiger partial charge >= 0.3 is 6.18 Å². The first-order valence-corrected chi connectivity index (χ1v) is 3.86. The molecule has 0 atom stereocenters. The third-order valence-corrected chi connectivity index (χ3v) is 1.63. The average molecular weight is 206 g/mol. The Balaban J connectivity index is 2.56. The molecule has 1 aromatic heterocycles. The third kappa shape index (κ3) is 2.79. The lowest BCUT2D eigenvalue weighted by Gasteiger charge is -2.08. The SMILES string of the molecule is Cn1cccc1C(=O)NCC(F)(F)F. The van der Waals surface area contributed by atoms with Crippen LogP contribution in [0.5, 0.6) is 0 Å². The van der Waals surface area contributed by atoms with Gasteiger partial charge in [-0.1, -0.05) is 0 Å². The molecule has 0 fully saturated rings. The van der Waals surface area contributed by atoms with E-state index in [1.807, 2.05) is 0 Å². The van der Waals surface area contributed by atoms with Crippen molar-refractivity contribution in [2.75, 3.05) is 6.54 Å². The number of carbonyl (C=O) groups excluding carboxylic acids is 1. The summed E-state index contributed by atoms with van der Waals surface area (Å²) < 4.78 is 36.7. The lowest BCUT2D eigenvalue weighted by atomic mass is 10.4. The standard InChI is InChI=1S/C8H9F3N2O/c1-13-4-2-3-6(13)7(14)12-5-8(9,10)11/h2-4H,5H2,1H3,(H,12,14). The Morgan fingerprint density at radius 2 is 2.21 bits per heavy atom. The van der Waals surface area contributed by atoms with E-state index in [1.54, 1.807) is 24.6 Å². The van der Waals surface area contributed by atoms with E-state index in [0.717, 1.165) is 0 Å². The summed E-state index contributed by atoms with van der Waals surface area (Å²) in [5.41, 5.74) is 0.203. The van der Waals surface area contributed by atoms with Crippen molar-refractivity contribution in [2.24, 2.45) is 7.05 Å². The lowest BCUT2D eigenvalue weighted by molar-refractivity contribution is -0.123. The number of carbonyl (C=O) groups is 1. The molecule has 78 valence electrons. The van der Waals surface area contributed by atoms with Gasteiger partial charge in [-0.3, -0.25) is 4.79 Å². The predicted molar refractivity (Wildman–Crippen MR) is 43.8 cm³/mol. The van der Waals surface area contributed by atoms with Crippen LogP contribution in [-0.2, 0) is 7.05 Å². The highest BCUT2D eigenvalue weighted by atomic mass is 19.4. The zero-order valence-electron chi connectivity index (χ0n) is 7.43. The van der Waals surface area contributed by atoms with Crippen LogP contribution in [0.1, 0.15) is 10.5 Å². The summed E-state index contributed by atoms with van der Waals surface area (Å²) in [6.07, 6.45) is -2.79. The van der Waals surface area contributed by atoms with Crippen molar-refractivity contribution in [1.82, 2.24) is 9.88 Å². The number of aryl methyl sites for hydroxylation is 1. The highest BCUT2D eigenvalue weighted by molar-refractivity contribution is 5.92. The van der Waals surface area contributed by atoms with Crippen LogP contribution in [0.2, 0.25) is 0 Å². The lowest BCUT2D eigenvalue weighted by Crippen LogP contribution is -2.34. The number of halogens is 3. The zero-order valence-corrected chi connectivity index (χ0v) is 7.43. The van der Waals surface area contributed by atoms with Crippen LogP contribution < -0.4 is 5.32 Å². The molecule has 0 aliphatic carbocycles.